The fourth-order valence-electron chi connectivity index (χ4n) is 2.29. The molecule has 1 aliphatic rings. The molecule has 0 saturated carbocycles. The fraction of sp³-hybridized carbons (Fsp3) is 0.538. The van der Waals surface area contributed by atoms with E-state index in [1.807, 2.05) is 6.92 Å². The predicted octanol–water partition coefficient (Wildman–Crippen LogP) is 2.49. The van der Waals surface area contributed by atoms with E-state index in [-0.39, 0.29) is 39.8 Å². The first-order chi connectivity index (χ1) is 9.31. The van der Waals surface area contributed by atoms with Crippen molar-refractivity contribution >= 4 is 34.0 Å². The van der Waals surface area contributed by atoms with Crippen molar-refractivity contribution in [2.75, 3.05) is 13.1 Å². The zero-order valence-electron chi connectivity index (χ0n) is 11.8. The first kappa shape index (κ1) is 18.6. The van der Waals surface area contributed by atoms with E-state index < -0.39 is 15.8 Å². The van der Waals surface area contributed by atoms with Crippen LogP contribution in [0, 0.1) is 18.7 Å². The van der Waals surface area contributed by atoms with Crippen LogP contribution in [0.1, 0.15) is 18.9 Å². The molecule has 4 nitrogen and oxygen atoms in total. The zero-order valence-corrected chi connectivity index (χ0v) is 14.2. The lowest BCUT2D eigenvalue weighted by Gasteiger charge is -2.30. The van der Waals surface area contributed by atoms with Gasteiger partial charge >= 0.3 is 0 Å². The molecule has 21 heavy (non-hydrogen) atoms. The summed E-state index contributed by atoms with van der Waals surface area (Å²) in [7, 11) is -3.74. The van der Waals surface area contributed by atoms with E-state index in [0.29, 0.717) is 0 Å². The third kappa shape index (κ3) is 4.29. The van der Waals surface area contributed by atoms with Crippen LogP contribution in [-0.4, -0.2) is 27.5 Å². The third-order valence-electron chi connectivity index (χ3n) is 3.59. The van der Waals surface area contributed by atoms with E-state index >= 15 is 0 Å². The average Bonchev–Trinajstić information content (AvgIpc) is 2.36. The lowest BCUT2D eigenvalue weighted by Crippen LogP contribution is -2.48. The lowest BCUT2D eigenvalue weighted by atomic mass is 9.97. The van der Waals surface area contributed by atoms with Gasteiger partial charge in [-0.25, -0.2) is 17.5 Å². The molecule has 2 rings (SSSR count). The summed E-state index contributed by atoms with van der Waals surface area (Å²) in [4.78, 5) is -0.0659. The predicted molar refractivity (Wildman–Crippen MR) is 84.2 cm³/mol. The van der Waals surface area contributed by atoms with Crippen molar-refractivity contribution in [3.8, 4) is 0 Å². The Hall–Kier alpha value is -0.400. The van der Waals surface area contributed by atoms with Gasteiger partial charge in [-0.2, -0.15) is 0 Å². The van der Waals surface area contributed by atoms with Crippen molar-refractivity contribution in [1.29, 1.82) is 0 Å². The topological polar surface area (TPSA) is 58.2 Å². The summed E-state index contributed by atoms with van der Waals surface area (Å²) in [6.07, 6.45) is 0.720. The Kier molecular flexibility index (Phi) is 6.43. The van der Waals surface area contributed by atoms with Gasteiger partial charge in [0.2, 0.25) is 10.0 Å². The standard InChI is InChI=1S/C13H18ClFN2O2S.ClH/c1-8-5-13(10(14)6-11(8)15)20(18,19)17-12-3-4-16-7-9(12)2;/h5-6,9,12,16-17H,3-4,7H2,1-2H3;1H. The van der Waals surface area contributed by atoms with Crippen molar-refractivity contribution in [2.45, 2.75) is 31.2 Å². The van der Waals surface area contributed by atoms with Gasteiger partial charge in [-0.3, -0.25) is 0 Å². The number of halogens is 3. The monoisotopic (exact) mass is 356 g/mol. The Bertz CT molecular complexity index is 610. The van der Waals surface area contributed by atoms with Crippen LogP contribution in [0.4, 0.5) is 4.39 Å². The van der Waals surface area contributed by atoms with E-state index in [2.05, 4.69) is 10.0 Å². The van der Waals surface area contributed by atoms with E-state index in [0.717, 1.165) is 25.6 Å². The molecule has 8 heteroatoms. The Morgan fingerprint density at radius 1 is 1.43 bits per heavy atom. The van der Waals surface area contributed by atoms with Gasteiger partial charge in [0.05, 0.1) is 5.02 Å². The van der Waals surface area contributed by atoms with Crippen LogP contribution in [0.5, 0.6) is 0 Å². The number of rotatable bonds is 3. The van der Waals surface area contributed by atoms with Gasteiger partial charge in [-0.05, 0) is 50.0 Å². The van der Waals surface area contributed by atoms with Gasteiger partial charge in [-0.15, -0.1) is 12.4 Å². The molecule has 0 spiro atoms. The molecule has 0 aliphatic carbocycles. The van der Waals surface area contributed by atoms with Crippen LogP contribution in [-0.2, 0) is 10.0 Å². The van der Waals surface area contributed by atoms with Crippen LogP contribution in [0.3, 0.4) is 0 Å². The van der Waals surface area contributed by atoms with Crippen LogP contribution in [0.15, 0.2) is 17.0 Å². The van der Waals surface area contributed by atoms with Crippen molar-refractivity contribution in [2.24, 2.45) is 5.92 Å². The Labute approximate surface area is 135 Å². The van der Waals surface area contributed by atoms with Crippen molar-refractivity contribution in [1.82, 2.24) is 10.0 Å². The molecule has 1 aromatic carbocycles. The van der Waals surface area contributed by atoms with Gasteiger partial charge < -0.3 is 5.32 Å². The fourth-order valence-corrected chi connectivity index (χ4v) is 4.27. The molecule has 0 bridgehead atoms. The number of aryl methyl sites for hydroxylation is 1. The number of piperidine rings is 1. The smallest absolute Gasteiger partial charge is 0.242 e. The van der Waals surface area contributed by atoms with Gasteiger partial charge in [0.15, 0.2) is 0 Å². The van der Waals surface area contributed by atoms with E-state index in [1.54, 1.807) is 0 Å². The maximum Gasteiger partial charge on any atom is 0.242 e. The number of hydrogen-bond donors (Lipinski definition) is 2. The highest BCUT2D eigenvalue weighted by atomic mass is 35.5. The average molecular weight is 357 g/mol. The second-order valence-electron chi connectivity index (χ2n) is 5.23. The van der Waals surface area contributed by atoms with Crippen molar-refractivity contribution < 1.29 is 12.8 Å². The number of sulfonamides is 1. The molecule has 1 saturated heterocycles. The summed E-state index contributed by atoms with van der Waals surface area (Å²) in [5, 5.41) is 3.11. The van der Waals surface area contributed by atoms with Crippen LogP contribution >= 0.6 is 24.0 Å². The summed E-state index contributed by atoms with van der Waals surface area (Å²) >= 11 is 5.87. The van der Waals surface area contributed by atoms with Crippen molar-refractivity contribution in [3.05, 3.63) is 28.5 Å². The quantitative estimate of drug-likeness (QED) is 0.874. The van der Waals surface area contributed by atoms with E-state index in [4.69, 9.17) is 11.6 Å². The van der Waals surface area contributed by atoms with Gasteiger partial charge in [0, 0.05) is 6.04 Å². The highest BCUT2D eigenvalue weighted by molar-refractivity contribution is 7.89. The molecule has 1 aliphatic heterocycles. The second kappa shape index (κ2) is 7.24. The van der Waals surface area contributed by atoms with Gasteiger partial charge in [0.1, 0.15) is 10.7 Å². The molecule has 0 radical (unpaired) electrons. The van der Waals surface area contributed by atoms with Crippen molar-refractivity contribution in [3.63, 3.8) is 0 Å². The molecule has 2 N–H and O–H groups in total. The zero-order chi connectivity index (χ0) is 14.9. The molecular formula is C13H19Cl2FN2O2S. The number of benzene rings is 1. The number of nitrogens with one attached hydrogen (secondary N) is 2. The largest absolute Gasteiger partial charge is 0.316 e. The lowest BCUT2D eigenvalue weighted by molar-refractivity contribution is 0.328. The van der Waals surface area contributed by atoms with Gasteiger partial charge in [-0.1, -0.05) is 18.5 Å². The second-order valence-corrected chi connectivity index (χ2v) is 7.32. The SMILES string of the molecule is Cc1cc(S(=O)(=O)NC2CCNCC2C)c(Cl)cc1F.Cl. The van der Waals surface area contributed by atoms with E-state index in [1.165, 1.54) is 13.0 Å². The molecule has 0 amide bonds. The first-order valence-corrected chi connectivity index (χ1v) is 8.36. The summed E-state index contributed by atoms with van der Waals surface area (Å²) in [6.45, 7) is 5.03. The minimum absolute atomic E-state index is 0. The van der Waals surface area contributed by atoms with E-state index in [9.17, 15) is 12.8 Å². The molecular weight excluding hydrogens is 338 g/mol. The molecule has 1 aromatic rings. The minimum Gasteiger partial charge on any atom is -0.316 e. The molecule has 1 heterocycles. The summed E-state index contributed by atoms with van der Waals surface area (Å²) < 4.78 is 40.8. The molecule has 2 unspecified atom stereocenters. The summed E-state index contributed by atoms with van der Waals surface area (Å²) in [5.74, 6) is -0.317. The molecule has 0 aromatic heterocycles. The Balaban J connectivity index is 0.00000220. The number of hydrogen-bond acceptors (Lipinski definition) is 3. The maximum absolute atomic E-state index is 13.4. The van der Waals surface area contributed by atoms with Crippen LogP contribution < -0.4 is 10.0 Å². The Morgan fingerprint density at radius 2 is 2.10 bits per heavy atom. The van der Waals surface area contributed by atoms with Crippen LogP contribution in [0.2, 0.25) is 5.02 Å². The normalized spacial score (nSPS) is 22.7. The summed E-state index contributed by atoms with van der Waals surface area (Å²) in [6, 6.07) is 2.17. The molecule has 120 valence electrons. The van der Waals surface area contributed by atoms with Crippen LogP contribution in [0.25, 0.3) is 0 Å². The highest BCUT2D eigenvalue weighted by Gasteiger charge is 2.28. The highest BCUT2D eigenvalue weighted by Crippen LogP contribution is 2.25. The minimum atomic E-state index is -3.74. The molecule has 2 atom stereocenters. The Morgan fingerprint density at radius 3 is 2.71 bits per heavy atom. The first-order valence-electron chi connectivity index (χ1n) is 6.50. The van der Waals surface area contributed by atoms with Gasteiger partial charge in [0.25, 0.3) is 0 Å². The summed E-state index contributed by atoms with van der Waals surface area (Å²) in [5.41, 5.74) is 0.258. The molecule has 1 fully saturated rings. The third-order valence-corrected chi connectivity index (χ3v) is 5.55. The maximum atomic E-state index is 13.4.